The third-order valence-electron chi connectivity index (χ3n) is 3.15. The molecule has 0 saturated heterocycles. The van der Waals surface area contributed by atoms with Crippen LogP contribution in [-0.2, 0) is 5.41 Å². The molecule has 0 saturated carbocycles. The summed E-state index contributed by atoms with van der Waals surface area (Å²) in [6.45, 7) is 8.49. The lowest BCUT2D eigenvalue weighted by atomic mass is 9.95. The SMILES string of the molecule is Cc1ccc(C(O)c2ccc(C(C)(C)C)s2)cc1Cl. The van der Waals surface area contributed by atoms with E-state index in [2.05, 4.69) is 26.8 Å². The summed E-state index contributed by atoms with van der Waals surface area (Å²) in [5, 5.41) is 11.1. The number of halogens is 1. The van der Waals surface area contributed by atoms with Gasteiger partial charge in [0.15, 0.2) is 0 Å². The van der Waals surface area contributed by atoms with Crippen molar-refractivity contribution in [2.75, 3.05) is 0 Å². The van der Waals surface area contributed by atoms with Crippen LogP contribution in [0.1, 0.15) is 47.8 Å². The Kier molecular flexibility index (Phi) is 4.05. The molecule has 19 heavy (non-hydrogen) atoms. The number of benzene rings is 1. The molecular weight excluding hydrogens is 276 g/mol. The van der Waals surface area contributed by atoms with Crippen molar-refractivity contribution < 1.29 is 5.11 Å². The molecule has 2 aromatic rings. The van der Waals surface area contributed by atoms with Crippen molar-refractivity contribution in [2.24, 2.45) is 0 Å². The van der Waals surface area contributed by atoms with Crippen LogP contribution >= 0.6 is 22.9 Å². The van der Waals surface area contributed by atoms with E-state index in [0.29, 0.717) is 5.02 Å². The zero-order valence-electron chi connectivity index (χ0n) is 11.7. The van der Waals surface area contributed by atoms with E-state index in [1.807, 2.05) is 31.2 Å². The highest BCUT2D eigenvalue weighted by Crippen LogP contribution is 2.35. The summed E-state index contributed by atoms with van der Waals surface area (Å²) in [6, 6.07) is 9.82. The summed E-state index contributed by atoms with van der Waals surface area (Å²) in [5.74, 6) is 0. The first-order valence-electron chi connectivity index (χ1n) is 6.33. The maximum absolute atomic E-state index is 10.4. The fourth-order valence-corrected chi connectivity index (χ4v) is 3.12. The second-order valence-electron chi connectivity index (χ2n) is 5.86. The van der Waals surface area contributed by atoms with E-state index >= 15 is 0 Å². The number of aryl methyl sites for hydroxylation is 1. The van der Waals surface area contributed by atoms with Crippen molar-refractivity contribution in [2.45, 2.75) is 39.2 Å². The molecule has 1 aromatic heterocycles. The molecular formula is C16H19ClOS. The van der Waals surface area contributed by atoms with Crippen molar-refractivity contribution in [3.8, 4) is 0 Å². The van der Waals surface area contributed by atoms with Crippen LogP contribution in [0.5, 0.6) is 0 Å². The number of thiophene rings is 1. The van der Waals surface area contributed by atoms with Gasteiger partial charge in [0, 0.05) is 14.8 Å². The number of hydrogen-bond donors (Lipinski definition) is 1. The first-order valence-corrected chi connectivity index (χ1v) is 7.53. The van der Waals surface area contributed by atoms with Gasteiger partial charge in [-0.3, -0.25) is 0 Å². The standard InChI is InChI=1S/C16H19ClOS/c1-10-5-6-11(9-12(10)17)15(18)13-7-8-14(19-13)16(2,3)4/h5-9,15,18H,1-4H3. The van der Waals surface area contributed by atoms with Gasteiger partial charge in [-0.15, -0.1) is 11.3 Å². The molecule has 1 atom stereocenters. The lowest BCUT2D eigenvalue weighted by Gasteiger charge is -2.16. The number of rotatable bonds is 2. The van der Waals surface area contributed by atoms with Crippen molar-refractivity contribution in [3.05, 3.63) is 56.2 Å². The normalized spacial score (nSPS) is 13.6. The molecule has 1 aromatic carbocycles. The Morgan fingerprint density at radius 2 is 1.84 bits per heavy atom. The van der Waals surface area contributed by atoms with E-state index in [9.17, 15) is 5.11 Å². The van der Waals surface area contributed by atoms with Gasteiger partial charge < -0.3 is 5.11 Å². The van der Waals surface area contributed by atoms with Gasteiger partial charge in [0.1, 0.15) is 6.10 Å². The molecule has 2 rings (SSSR count). The number of hydrogen-bond acceptors (Lipinski definition) is 2. The highest BCUT2D eigenvalue weighted by Gasteiger charge is 2.19. The molecule has 0 fully saturated rings. The minimum absolute atomic E-state index is 0.119. The van der Waals surface area contributed by atoms with E-state index in [0.717, 1.165) is 16.0 Å². The third kappa shape index (κ3) is 3.19. The minimum Gasteiger partial charge on any atom is -0.383 e. The van der Waals surface area contributed by atoms with Gasteiger partial charge in [-0.2, -0.15) is 0 Å². The summed E-state index contributed by atoms with van der Waals surface area (Å²) in [6.07, 6.45) is -0.598. The number of aliphatic hydroxyl groups is 1. The lowest BCUT2D eigenvalue weighted by molar-refractivity contribution is 0.224. The minimum atomic E-state index is -0.598. The molecule has 1 nitrogen and oxygen atoms in total. The maximum Gasteiger partial charge on any atom is 0.113 e. The number of aliphatic hydroxyl groups excluding tert-OH is 1. The van der Waals surface area contributed by atoms with E-state index < -0.39 is 6.10 Å². The molecule has 1 heterocycles. The topological polar surface area (TPSA) is 20.2 Å². The van der Waals surface area contributed by atoms with Crippen LogP contribution in [0.4, 0.5) is 0 Å². The quantitative estimate of drug-likeness (QED) is 0.818. The van der Waals surface area contributed by atoms with Crippen molar-refractivity contribution >= 4 is 22.9 Å². The van der Waals surface area contributed by atoms with Crippen LogP contribution in [0.15, 0.2) is 30.3 Å². The Morgan fingerprint density at radius 3 is 2.37 bits per heavy atom. The Hall–Kier alpha value is -0.830. The Balaban J connectivity index is 2.31. The van der Waals surface area contributed by atoms with E-state index in [1.54, 1.807) is 11.3 Å². The van der Waals surface area contributed by atoms with E-state index in [4.69, 9.17) is 11.6 Å². The van der Waals surface area contributed by atoms with E-state index in [1.165, 1.54) is 4.88 Å². The molecule has 0 bridgehead atoms. The van der Waals surface area contributed by atoms with Gasteiger partial charge in [-0.25, -0.2) is 0 Å². The largest absolute Gasteiger partial charge is 0.383 e. The summed E-state index contributed by atoms with van der Waals surface area (Å²) < 4.78 is 0. The fourth-order valence-electron chi connectivity index (χ4n) is 1.85. The van der Waals surface area contributed by atoms with Gasteiger partial charge in [0.05, 0.1) is 0 Å². The van der Waals surface area contributed by atoms with Crippen LogP contribution in [0, 0.1) is 6.92 Å². The smallest absolute Gasteiger partial charge is 0.113 e. The monoisotopic (exact) mass is 294 g/mol. The van der Waals surface area contributed by atoms with Gasteiger partial charge in [-0.05, 0) is 41.7 Å². The highest BCUT2D eigenvalue weighted by atomic mass is 35.5. The van der Waals surface area contributed by atoms with Crippen LogP contribution in [0.2, 0.25) is 5.02 Å². The summed E-state index contributed by atoms with van der Waals surface area (Å²) >= 11 is 7.78. The fraction of sp³-hybridized carbons (Fsp3) is 0.375. The van der Waals surface area contributed by atoms with Crippen molar-refractivity contribution in [3.63, 3.8) is 0 Å². The van der Waals surface area contributed by atoms with Gasteiger partial charge in [-0.1, -0.05) is 44.5 Å². The molecule has 0 aliphatic heterocycles. The second-order valence-corrected chi connectivity index (χ2v) is 7.39. The average Bonchev–Trinajstić information content (AvgIpc) is 2.81. The Bertz CT molecular complexity index is 581. The van der Waals surface area contributed by atoms with Gasteiger partial charge in [0.25, 0.3) is 0 Å². The predicted octanol–water partition coefficient (Wildman–Crippen LogP) is 5.09. The zero-order chi connectivity index (χ0) is 14.2. The molecule has 0 radical (unpaired) electrons. The Morgan fingerprint density at radius 1 is 1.16 bits per heavy atom. The highest BCUT2D eigenvalue weighted by molar-refractivity contribution is 7.12. The average molecular weight is 295 g/mol. The molecule has 1 N–H and O–H groups in total. The molecule has 102 valence electrons. The molecule has 0 amide bonds. The zero-order valence-corrected chi connectivity index (χ0v) is 13.3. The molecule has 1 unspecified atom stereocenters. The lowest BCUT2D eigenvalue weighted by Crippen LogP contribution is -2.07. The van der Waals surface area contributed by atoms with Crippen molar-refractivity contribution in [1.29, 1.82) is 0 Å². The molecule has 0 aliphatic carbocycles. The molecule has 0 aliphatic rings. The molecule has 3 heteroatoms. The van der Waals surface area contributed by atoms with Crippen LogP contribution in [0.25, 0.3) is 0 Å². The maximum atomic E-state index is 10.4. The van der Waals surface area contributed by atoms with E-state index in [-0.39, 0.29) is 5.41 Å². The molecule has 0 spiro atoms. The summed E-state index contributed by atoms with van der Waals surface area (Å²) in [4.78, 5) is 2.24. The second kappa shape index (κ2) is 5.28. The Labute approximate surface area is 123 Å². The third-order valence-corrected chi connectivity index (χ3v) is 5.12. The first kappa shape index (κ1) is 14.6. The first-order chi connectivity index (χ1) is 8.79. The summed E-state index contributed by atoms with van der Waals surface area (Å²) in [7, 11) is 0. The van der Waals surface area contributed by atoms with Crippen LogP contribution < -0.4 is 0 Å². The summed E-state index contributed by atoms with van der Waals surface area (Å²) in [5.41, 5.74) is 1.99. The van der Waals surface area contributed by atoms with Crippen LogP contribution in [-0.4, -0.2) is 5.11 Å². The van der Waals surface area contributed by atoms with Crippen molar-refractivity contribution in [1.82, 2.24) is 0 Å². The van der Waals surface area contributed by atoms with Crippen LogP contribution in [0.3, 0.4) is 0 Å². The van der Waals surface area contributed by atoms with Gasteiger partial charge >= 0.3 is 0 Å². The van der Waals surface area contributed by atoms with Gasteiger partial charge in [0.2, 0.25) is 0 Å². The predicted molar refractivity (Wildman–Crippen MR) is 83.3 cm³/mol.